The quantitative estimate of drug-likeness (QED) is 0.669. The number of carbonyl (C=O) groups excluding carboxylic acids is 1. The highest BCUT2D eigenvalue weighted by Crippen LogP contribution is 2.45. The molecule has 1 aliphatic heterocycles. The average Bonchev–Trinajstić information content (AvgIpc) is 3.49. The van der Waals surface area contributed by atoms with Gasteiger partial charge in [0.15, 0.2) is 5.67 Å². The largest absolute Gasteiger partial charge is 0.490 e. The highest BCUT2D eigenvalue weighted by Gasteiger charge is 2.44. The normalized spacial score (nSPS) is 18.3. The number of amides is 1. The van der Waals surface area contributed by atoms with E-state index >= 15 is 0 Å². The zero-order chi connectivity index (χ0) is 22.2. The number of hydrogen-bond donors (Lipinski definition) is 1. The SMILES string of the molecule is CS(=O)(=O)NC(=O)c1cc(C2CC2)c(OCC2(F)CN(Cc3ccccc3)C2)cc1F. The minimum Gasteiger partial charge on any atom is -0.490 e. The minimum absolute atomic E-state index is 0.0897. The zero-order valence-electron chi connectivity index (χ0n) is 17.1. The van der Waals surface area contributed by atoms with E-state index in [1.54, 1.807) is 4.72 Å². The van der Waals surface area contributed by atoms with E-state index in [2.05, 4.69) is 0 Å². The van der Waals surface area contributed by atoms with Crippen LogP contribution < -0.4 is 9.46 Å². The van der Waals surface area contributed by atoms with Gasteiger partial charge in [-0.25, -0.2) is 21.9 Å². The number of carbonyl (C=O) groups is 1. The van der Waals surface area contributed by atoms with Crippen LogP contribution >= 0.6 is 0 Å². The Bertz CT molecular complexity index is 1080. The van der Waals surface area contributed by atoms with Crippen molar-refractivity contribution in [3.63, 3.8) is 0 Å². The number of nitrogens with one attached hydrogen (secondary N) is 1. The summed E-state index contributed by atoms with van der Waals surface area (Å²) in [5.74, 6) is -1.65. The predicted molar refractivity (Wildman–Crippen MR) is 112 cm³/mol. The molecule has 0 spiro atoms. The Labute approximate surface area is 180 Å². The molecule has 2 aromatic carbocycles. The van der Waals surface area contributed by atoms with Crippen molar-refractivity contribution >= 4 is 15.9 Å². The van der Waals surface area contributed by atoms with Gasteiger partial charge in [-0.1, -0.05) is 30.3 Å². The van der Waals surface area contributed by atoms with E-state index in [1.807, 2.05) is 35.2 Å². The molecule has 1 amide bonds. The molecule has 0 unspecified atom stereocenters. The highest BCUT2D eigenvalue weighted by atomic mass is 32.2. The maximum atomic E-state index is 15.0. The summed E-state index contributed by atoms with van der Waals surface area (Å²) in [6.45, 7) is 0.876. The molecule has 0 bridgehead atoms. The molecule has 0 aromatic heterocycles. The van der Waals surface area contributed by atoms with E-state index in [4.69, 9.17) is 4.74 Å². The van der Waals surface area contributed by atoms with Gasteiger partial charge in [-0.15, -0.1) is 0 Å². The van der Waals surface area contributed by atoms with E-state index < -0.39 is 27.4 Å². The van der Waals surface area contributed by atoms with Crippen LogP contribution in [-0.2, 0) is 16.6 Å². The minimum atomic E-state index is -3.82. The van der Waals surface area contributed by atoms with Crippen LogP contribution in [-0.4, -0.2) is 50.8 Å². The Balaban J connectivity index is 1.42. The first-order chi connectivity index (χ1) is 14.6. The second-order valence-corrected chi connectivity index (χ2v) is 10.2. The number of nitrogens with zero attached hydrogens (tertiary/aromatic N) is 1. The van der Waals surface area contributed by atoms with E-state index in [1.165, 1.54) is 6.07 Å². The van der Waals surface area contributed by atoms with Gasteiger partial charge in [-0.2, -0.15) is 0 Å². The fourth-order valence-corrected chi connectivity index (χ4v) is 4.26. The van der Waals surface area contributed by atoms with Crippen LogP contribution in [0.4, 0.5) is 8.78 Å². The van der Waals surface area contributed by atoms with Crippen LogP contribution in [0.2, 0.25) is 0 Å². The summed E-state index contributed by atoms with van der Waals surface area (Å²) < 4.78 is 59.5. The van der Waals surface area contributed by atoms with Crippen molar-refractivity contribution in [2.75, 3.05) is 26.0 Å². The molecule has 9 heteroatoms. The van der Waals surface area contributed by atoms with Gasteiger partial charge in [0.05, 0.1) is 11.8 Å². The van der Waals surface area contributed by atoms with Crippen LogP contribution in [0.3, 0.4) is 0 Å². The Morgan fingerprint density at radius 1 is 1.23 bits per heavy atom. The Hall–Kier alpha value is -2.52. The first-order valence-electron chi connectivity index (χ1n) is 10.1. The molecule has 31 heavy (non-hydrogen) atoms. The van der Waals surface area contributed by atoms with Crippen molar-refractivity contribution in [1.82, 2.24) is 9.62 Å². The number of rotatable bonds is 8. The molecule has 1 saturated carbocycles. The monoisotopic (exact) mass is 450 g/mol. The van der Waals surface area contributed by atoms with Gasteiger partial charge >= 0.3 is 0 Å². The van der Waals surface area contributed by atoms with E-state index in [9.17, 15) is 22.0 Å². The van der Waals surface area contributed by atoms with Crippen LogP contribution in [0.5, 0.6) is 5.75 Å². The van der Waals surface area contributed by atoms with E-state index in [0.717, 1.165) is 30.7 Å². The van der Waals surface area contributed by atoms with Gasteiger partial charge in [-0.05, 0) is 36.0 Å². The standard InChI is InChI=1S/C22H24F2N2O4S/c1-31(28,29)25-21(27)18-9-17(16-7-8-16)20(10-19(18)23)30-14-22(24)12-26(13-22)11-15-5-3-2-4-6-15/h2-6,9-10,16H,7-8,11-14H2,1H3,(H,25,27). The van der Waals surface area contributed by atoms with Crippen molar-refractivity contribution in [2.24, 2.45) is 0 Å². The number of sulfonamides is 1. The molecule has 4 rings (SSSR count). The van der Waals surface area contributed by atoms with Gasteiger partial charge in [0.25, 0.3) is 5.91 Å². The summed E-state index contributed by atoms with van der Waals surface area (Å²) in [6.07, 6.45) is 2.52. The van der Waals surface area contributed by atoms with Crippen LogP contribution in [0.15, 0.2) is 42.5 Å². The fraction of sp³-hybridized carbons (Fsp3) is 0.409. The molecule has 1 heterocycles. The Morgan fingerprint density at radius 3 is 2.52 bits per heavy atom. The average molecular weight is 451 g/mol. The van der Waals surface area contributed by atoms with Crippen molar-refractivity contribution in [2.45, 2.75) is 31.0 Å². The van der Waals surface area contributed by atoms with E-state index in [0.29, 0.717) is 12.1 Å². The summed E-state index contributed by atoms with van der Waals surface area (Å²) in [7, 11) is -3.82. The Morgan fingerprint density at radius 2 is 1.90 bits per heavy atom. The third kappa shape index (κ3) is 5.40. The lowest BCUT2D eigenvalue weighted by atomic mass is 9.96. The smallest absolute Gasteiger partial charge is 0.267 e. The molecule has 2 aromatic rings. The van der Waals surface area contributed by atoms with Crippen molar-refractivity contribution in [3.05, 3.63) is 65.0 Å². The predicted octanol–water partition coefficient (Wildman–Crippen LogP) is 3.00. The van der Waals surface area contributed by atoms with E-state index in [-0.39, 0.29) is 36.9 Å². The summed E-state index contributed by atoms with van der Waals surface area (Å²) in [5, 5.41) is 0. The molecule has 6 nitrogen and oxygen atoms in total. The second-order valence-electron chi connectivity index (χ2n) is 8.42. The topological polar surface area (TPSA) is 75.7 Å². The zero-order valence-corrected chi connectivity index (χ0v) is 17.9. The van der Waals surface area contributed by atoms with Gasteiger partial charge in [0, 0.05) is 25.7 Å². The summed E-state index contributed by atoms with van der Waals surface area (Å²) in [6, 6.07) is 12.1. The van der Waals surface area contributed by atoms with Crippen LogP contribution in [0, 0.1) is 5.82 Å². The lowest BCUT2D eigenvalue weighted by molar-refractivity contribution is -0.0645. The van der Waals surface area contributed by atoms with Crippen molar-refractivity contribution < 1.29 is 26.7 Å². The number of halogens is 2. The summed E-state index contributed by atoms with van der Waals surface area (Å²) >= 11 is 0. The summed E-state index contributed by atoms with van der Waals surface area (Å²) in [4.78, 5) is 14.1. The third-order valence-corrected chi connectivity index (χ3v) is 5.94. The van der Waals surface area contributed by atoms with Crippen molar-refractivity contribution in [1.29, 1.82) is 0 Å². The molecule has 0 radical (unpaired) electrons. The number of benzene rings is 2. The maximum absolute atomic E-state index is 15.0. The maximum Gasteiger partial charge on any atom is 0.267 e. The highest BCUT2D eigenvalue weighted by molar-refractivity contribution is 7.89. The lowest BCUT2D eigenvalue weighted by Gasteiger charge is -2.44. The molecular formula is C22H24F2N2O4S. The van der Waals surface area contributed by atoms with Gasteiger partial charge < -0.3 is 4.74 Å². The first-order valence-corrected chi connectivity index (χ1v) is 11.9. The second kappa shape index (κ2) is 8.20. The number of likely N-dealkylation sites (tertiary alicyclic amines) is 1. The van der Waals surface area contributed by atoms with Gasteiger partial charge in [0.1, 0.15) is 18.2 Å². The Kier molecular flexibility index (Phi) is 5.74. The fourth-order valence-electron chi connectivity index (χ4n) is 3.81. The molecule has 1 aliphatic carbocycles. The third-order valence-electron chi connectivity index (χ3n) is 5.39. The van der Waals surface area contributed by atoms with Crippen LogP contribution in [0.1, 0.15) is 40.2 Å². The number of hydrogen-bond acceptors (Lipinski definition) is 5. The van der Waals surface area contributed by atoms with Gasteiger partial charge in [-0.3, -0.25) is 9.69 Å². The molecule has 1 saturated heterocycles. The lowest BCUT2D eigenvalue weighted by Crippen LogP contribution is -2.61. The first kappa shape index (κ1) is 21.7. The molecule has 0 atom stereocenters. The van der Waals surface area contributed by atoms with Crippen LogP contribution in [0.25, 0.3) is 0 Å². The van der Waals surface area contributed by atoms with Crippen molar-refractivity contribution in [3.8, 4) is 5.75 Å². The molecular weight excluding hydrogens is 426 g/mol. The number of alkyl halides is 1. The number of ether oxygens (including phenoxy) is 1. The molecule has 2 fully saturated rings. The van der Waals surface area contributed by atoms with Gasteiger partial charge in [0.2, 0.25) is 10.0 Å². The molecule has 1 N–H and O–H groups in total. The molecule has 2 aliphatic rings. The summed E-state index contributed by atoms with van der Waals surface area (Å²) in [5.41, 5.74) is -0.193. The molecule has 166 valence electrons.